The van der Waals surface area contributed by atoms with Gasteiger partial charge in [-0.25, -0.2) is 9.18 Å². The Bertz CT molecular complexity index is 713. The molecule has 0 aliphatic carbocycles. The van der Waals surface area contributed by atoms with Crippen LogP contribution in [0.4, 0.5) is 15.0 Å². The number of alkyl halides is 1. The number of amides is 1. The number of fused-ring (bicyclic) bond motifs is 1. The summed E-state index contributed by atoms with van der Waals surface area (Å²) in [6.45, 7) is 5.99. The smallest absolute Gasteiger partial charge is 0.407 e. The van der Waals surface area contributed by atoms with Crippen LogP contribution in [0.25, 0.3) is 0 Å². The number of aromatic nitrogens is 2. The van der Waals surface area contributed by atoms with Crippen LogP contribution in [-0.4, -0.2) is 96.1 Å². The fourth-order valence-electron chi connectivity index (χ4n) is 4.01. The Morgan fingerprint density at radius 3 is 2.79 bits per heavy atom. The molecule has 10 heteroatoms. The van der Waals surface area contributed by atoms with E-state index in [1.54, 1.807) is 0 Å². The second-order valence-electron chi connectivity index (χ2n) is 7.47. The Kier molecular flexibility index (Phi) is 5.77. The van der Waals surface area contributed by atoms with Crippen molar-refractivity contribution in [2.45, 2.75) is 25.6 Å². The van der Waals surface area contributed by atoms with Gasteiger partial charge in [-0.1, -0.05) is 0 Å². The number of nitrogens with one attached hydrogen (secondary N) is 1. The van der Waals surface area contributed by atoms with Crippen molar-refractivity contribution in [1.29, 1.82) is 0 Å². The first-order valence-corrected chi connectivity index (χ1v) is 9.92. The summed E-state index contributed by atoms with van der Waals surface area (Å²) in [5.74, 6) is 0.858. The van der Waals surface area contributed by atoms with Gasteiger partial charge in [0.1, 0.15) is 18.6 Å². The van der Waals surface area contributed by atoms with Crippen molar-refractivity contribution in [2.75, 3.05) is 63.9 Å². The number of carboxylic acid groups (broad SMARTS) is 1. The molecule has 3 aliphatic rings. The highest BCUT2D eigenvalue weighted by molar-refractivity contribution is 5.65. The molecule has 1 aromatic heterocycles. The van der Waals surface area contributed by atoms with E-state index in [0.29, 0.717) is 64.9 Å². The molecular formula is C18H27FN6O3. The van der Waals surface area contributed by atoms with Crippen molar-refractivity contribution < 1.29 is 19.0 Å². The minimum atomic E-state index is -0.880. The second kappa shape index (κ2) is 8.44. The summed E-state index contributed by atoms with van der Waals surface area (Å²) in [7, 11) is 0. The summed E-state index contributed by atoms with van der Waals surface area (Å²) in [5.41, 5.74) is 2.06. The van der Waals surface area contributed by atoms with E-state index in [1.165, 1.54) is 4.90 Å². The number of likely N-dealkylation sites (tertiary alicyclic amines) is 1. The molecule has 154 valence electrons. The van der Waals surface area contributed by atoms with Gasteiger partial charge in [-0.05, 0) is 19.4 Å². The Labute approximate surface area is 163 Å². The van der Waals surface area contributed by atoms with Gasteiger partial charge < -0.3 is 25.0 Å². The van der Waals surface area contributed by atoms with Crippen molar-refractivity contribution in [1.82, 2.24) is 25.1 Å². The molecule has 1 atom stereocenters. The molecule has 2 N–H and O–H groups in total. The average molecular weight is 394 g/mol. The quantitative estimate of drug-likeness (QED) is 0.739. The SMILES string of the molecule is O=C(O)N1CCN(c2nc(OCCN3CC[C@@H](F)C3)nc3c2CCNC3)CC1. The van der Waals surface area contributed by atoms with Gasteiger partial charge in [0.15, 0.2) is 0 Å². The van der Waals surface area contributed by atoms with Crippen molar-refractivity contribution in [3.8, 4) is 6.01 Å². The molecule has 28 heavy (non-hydrogen) atoms. The highest BCUT2D eigenvalue weighted by atomic mass is 19.1. The lowest BCUT2D eigenvalue weighted by molar-refractivity contribution is 0.142. The van der Waals surface area contributed by atoms with Gasteiger partial charge in [-0.2, -0.15) is 9.97 Å². The molecule has 2 fully saturated rings. The molecule has 9 nitrogen and oxygen atoms in total. The first kappa shape index (κ1) is 19.1. The molecule has 0 spiro atoms. The third-order valence-corrected chi connectivity index (χ3v) is 5.60. The van der Waals surface area contributed by atoms with Gasteiger partial charge in [0.05, 0.1) is 5.69 Å². The van der Waals surface area contributed by atoms with Crippen LogP contribution < -0.4 is 15.0 Å². The molecule has 3 aliphatic heterocycles. The zero-order valence-corrected chi connectivity index (χ0v) is 15.9. The van der Waals surface area contributed by atoms with Crippen molar-refractivity contribution in [2.24, 2.45) is 0 Å². The largest absolute Gasteiger partial charge is 0.465 e. The van der Waals surface area contributed by atoms with E-state index in [-0.39, 0.29) is 0 Å². The van der Waals surface area contributed by atoms with E-state index in [4.69, 9.17) is 9.84 Å². The van der Waals surface area contributed by atoms with Gasteiger partial charge in [0.25, 0.3) is 0 Å². The lowest BCUT2D eigenvalue weighted by atomic mass is 10.1. The maximum absolute atomic E-state index is 13.3. The molecule has 4 rings (SSSR count). The number of rotatable bonds is 5. The van der Waals surface area contributed by atoms with Crippen LogP contribution in [-0.2, 0) is 13.0 Å². The minimum absolute atomic E-state index is 0.342. The summed E-state index contributed by atoms with van der Waals surface area (Å²) in [6, 6.07) is 0.342. The van der Waals surface area contributed by atoms with Crippen LogP contribution >= 0.6 is 0 Å². The first-order valence-electron chi connectivity index (χ1n) is 9.92. The molecule has 1 amide bonds. The minimum Gasteiger partial charge on any atom is -0.465 e. The maximum Gasteiger partial charge on any atom is 0.407 e. The molecule has 0 aromatic carbocycles. The van der Waals surface area contributed by atoms with Crippen molar-refractivity contribution >= 4 is 11.9 Å². The van der Waals surface area contributed by atoms with Crippen molar-refractivity contribution in [3.63, 3.8) is 0 Å². The molecular weight excluding hydrogens is 367 g/mol. The molecule has 1 aromatic rings. The van der Waals surface area contributed by atoms with Crippen LogP contribution in [0.1, 0.15) is 17.7 Å². The van der Waals surface area contributed by atoms with E-state index in [0.717, 1.165) is 36.6 Å². The van der Waals surface area contributed by atoms with Gasteiger partial charge in [0.2, 0.25) is 0 Å². The Balaban J connectivity index is 1.44. The predicted molar refractivity (Wildman–Crippen MR) is 101 cm³/mol. The molecule has 0 radical (unpaired) electrons. The highest BCUT2D eigenvalue weighted by Gasteiger charge is 2.27. The van der Waals surface area contributed by atoms with E-state index >= 15 is 0 Å². The number of halogens is 1. The van der Waals surface area contributed by atoms with Gasteiger partial charge in [-0.3, -0.25) is 4.90 Å². The molecule has 0 saturated carbocycles. The zero-order valence-electron chi connectivity index (χ0n) is 15.9. The number of hydrogen-bond donors (Lipinski definition) is 2. The number of nitrogens with zero attached hydrogens (tertiary/aromatic N) is 5. The fourth-order valence-corrected chi connectivity index (χ4v) is 4.01. The highest BCUT2D eigenvalue weighted by Crippen LogP contribution is 2.27. The third-order valence-electron chi connectivity index (χ3n) is 5.60. The topological polar surface area (TPSA) is 94.1 Å². The average Bonchev–Trinajstić information content (AvgIpc) is 3.12. The lowest BCUT2D eigenvalue weighted by Gasteiger charge is -2.35. The van der Waals surface area contributed by atoms with Crippen LogP contribution in [0.15, 0.2) is 0 Å². The van der Waals surface area contributed by atoms with E-state index in [9.17, 15) is 9.18 Å². The molecule has 2 saturated heterocycles. The lowest BCUT2D eigenvalue weighted by Crippen LogP contribution is -2.49. The Morgan fingerprint density at radius 2 is 2.07 bits per heavy atom. The number of hydrogen-bond acceptors (Lipinski definition) is 7. The summed E-state index contributed by atoms with van der Waals surface area (Å²) >= 11 is 0. The third kappa shape index (κ3) is 4.27. The van der Waals surface area contributed by atoms with Gasteiger partial charge >= 0.3 is 12.1 Å². The fraction of sp³-hybridized carbons (Fsp3) is 0.722. The monoisotopic (exact) mass is 394 g/mol. The van der Waals surface area contributed by atoms with Crippen LogP contribution in [0.5, 0.6) is 6.01 Å². The number of carbonyl (C=O) groups is 1. The number of ether oxygens (including phenoxy) is 1. The van der Waals surface area contributed by atoms with Crippen LogP contribution in [0.3, 0.4) is 0 Å². The zero-order chi connectivity index (χ0) is 19.5. The predicted octanol–water partition coefficient (Wildman–Crippen LogP) is 0.345. The van der Waals surface area contributed by atoms with Gasteiger partial charge in [-0.15, -0.1) is 0 Å². The number of piperazine rings is 1. The number of anilines is 1. The second-order valence-corrected chi connectivity index (χ2v) is 7.47. The van der Waals surface area contributed by atoms with E-state index in [2.05, 4.69) is 25.1 Å². The van der Waals surface area contributed by atoms with E-state index in [1.807, 2.05) is 0 Å². The Hall–Kier alpha value is -2.20. The standard InChI is InChI=1S/C18H27FN6O3/c19-13-2-4-23(12-13)9-10-28-17-21-15-11-20-3-1-14(15)16(22-17)24-5-7-25(8-6-24)18(26)27/h13,20H,1-12H2,(H,26,27)/t13-/m1/s1. The molecule has 0 unspecified atom stereocenters. The molecule has 4 heterocycles. The van der Waals surface area contributed by atoms with Gasteiger partial charge in [0, 0.05) is 57.9 Å². The summed E-state index contributed by atoms with van der Waals surface area (Å²) in [5, 5.41) is 12.5. The van der Waals surface area contributed by atoms with Crippen LogP contribution in [0.2, 0.25) is 0 Å². The summed E-state index contributed by atoms with van der Waals surface area (Å²) in [4.78, 5) is 26.0. The Morgan fingerprint density at radius 1 is 1.25 bits per heavy atom. The summed E-state index contributed by atoms with van der Waals surface area (Å²) < 4.78 is 19.1. The maximum atomic E-state index is 13.3. The van der Waals surface area contributed by atoms with E-state index < -0.39 is 12.3 Å². The van der Waals surface area contributed by atoms with Crippen molar-refractivity contribution in [3.05, 3.63) is 11.3 Å². The first-order chi connectivity index (χ1) is 13.6. The van der Waals surface area contributed by atoms with Crippen LogP contribution in [0, 0.1) is 0 Å². The normalized spacial score (nSPS) is 23.0. The molecule has 0 bridgehead atoms. The summed E-state index contributed by atoms with van der Waals surface area (Å²) in [6.07, 6.45) is -0.180.